The first-order valence-corrected chi connectivity index (χ1v) is 12.1. The largest absolute Gasteiger partial charge is 0.465 e. The number of carbonyl (C=O) groups is 2. The lowest BCUT2D eigenvalue weighted by Gasteiger charge is -2.37. The van der Waals surface area contributed by atoms with E-state index >= 15 is 0 Å². The van der Waals surface area contributed by atoms with Crippen molar-refractivity contribution in [2.24, 2.45) is 5.92 Å². The average Bonchev–Trinajstić information content (AvgIpc) is 3.16. The maximum absolute atomic E-state index is 12.7. The maximum atomic E-state index is 12.7. The molecule has 3 aromatic rings. The number of benzene rings is 1. The second-order valence-electron chi connectivity index (χ2n) is 9.75. The Morgan fingerprint density at radius 2 is 1.63 bits per heavy atom. The fourth-order valence-electron chi connectivity index (χ4n) is 5.16. The van der Waals surface area contributed by atoms with Crippen molar-refractivity contribution in [1.82, 2.24) is 30.6 Å². The third-order valence-corrected chi connectivity index (χ3v) is 7.24. The topological polar surface area (TPSA) is 125 Å². The number of anilines is 1. The van der Waals surface area contributed by atoms with Gasteiger partial charge >= 0.3 is 6.09 Å². The number of rotatable bonds is 5. The Morgan fingerprint density at radius 3 is 2.29 bits per heavy atom. The highest BCUT2D eigenvalue weighted by Gasteiger charge is 2.34. The van der Waals surface area contributed by atoms with Gasteiger partial charge in [0.25, 0.3) is 0 Å². The third kappa shape index (κ3) is 4.52. The third-order valence-electron chi connectivity index (χ3n) is 7.24. The summed E-state index contributed by atoms with van der Waals surface area (Å²) < 4.78 is 1.95. The number of nitrogens with zero attached hydrogens (tertiary/aromatic N) is 5. The number of aryl methyl sites for hydroxylation is 3. The van der Waals surface area contributed by atoms with Crippen LogP contribution >= 0.6 is 0 Å². The number of amides is 2. The van der Waals surface area contributed by atoms with Crippen molar-refractivity contribution < 1.29 is 14.7 Å². The van der Waals surface area contributed by atoms with Crippen molar-refractivity contribution in [2.45, 2.75) is 58.5 Å². The van der Waals surface area contributed by atoms with Gasteiger partial charge in [0.15, 0.2) is 5.82 Å². The fourth-order valence-corrected chi connectivity index (χ4v) is 5.16. The summed E-state index contributed by atoms with van der Waals surface area (Å²) in [6.07, 6.45) is 1.74. The van der Waals surface area contributed by atoms with Gasteiger partial charge < -0.3 is 20.6 Å². The number of fused-ring (bicyclic) bond motifs is 1. The molecule has 1 aromatic carbocycles. The zero-order chi connectivity index (χ0) is 24.7. The van der Waals surface area contributed by atoms with E-state index in [0.717, 1.165) is 46.6 Å². The van der Waals surface area contributed by atoms with Crippen LogP contribution in [0.25, 0.3) is 16.6 Å². The van der Waals surface area contributed by atoms with E-state index in [9.17, 15) is 9.59 Å². The average molecular weight is 478 g/mol. The standard InChI is InChI=1S/C25H31N7O3/c1-14-4-6-20(7-5-14)32-16(3)21-15(2)28-29-23(22(21)30-32)31-10-8-17(9-11-31)24(33)26-18-12-19(13-18)27-25(34)35/h4-7,17-19,27H,8-13H2,1-3H3,(H,26,33)(H,34,35)/t18-,19-. The van der Waals surface area contributed by atoms with E-state index in [4.69, 9.17) is 10.2 Å². The van der Waals surface area contributed by atoms with Gasteiger partial charge in [-0.15, -0.1) is 5.10 Å². The van der Waals surface area contributed by atoms with Crippen molar-refractivity contribution in [3.8, 4) is 5.69 Å². The van der Waals surface area contributed by atoms with Gasteiger partial charge in [-0.2, -0.15) is 10.2 Å². The van der Waals surface area contributed by atoms with E-state index in [2.05, 4.69) is 63.8 Å². The summed E-state index contributed by atoms with van der Waals surface area (Å²) >= 11 is 0. The number of hydrogen-bond donors (Lipinski definition) is 3. The summed E-state index contributed by atoms with van der Waals surface area (Å²) in [6.45, 7) is 7.49. The van der Waals surface area contributed by atoms with E-state index in [-0.39, 0.29) is 23.9 Å². The van der Waals surface area contributed by atoms with Gasteiger partial charge in [-0.05, 0) is 58.6 Å². The maximum Gasteiger partial charge on any atom is 0.404 e. The van der Waals surface area contributed by atoms with Crippen LogP contribution in [-0.4, -0.2) is 62.3 Å². The van der Waals surface area contributed by atoms with E-state index in [1.807, 2.05) is 11.6 Å². The van der Waals surface area contributed by atoms with Crippen LogP contribution in [0.2, 0.25) is 0 Å². The van der Waals surface area contributed by atoms with E-state index in [0.29, 0.717) is 25.9 Å². The second-order valence-corrected chi connectivity index (χ2v) is 9.75. The Balaban J connectivity index is 1.27. The highest BCUT2D eigenvalue weighted by molar-refractivity contribution is 5.92. The fraction of sp³-hybridized carbons (Fsp3) is 0.480. The molecule has 3 heterocycles. The monoisotopic (exact) mass is 477 g/mol. The summed E-state index contributed by atoms with van der Waals surface area (Å²) in [5, 5.41) is 29.2. The molecule has 2 amide bonds. The molecule has 10 nitrogen and oxygen atoms in total. The molecular formula is C25H31N7O3. The van der Waals surface area contributed by atoms with E-state index in [1.165, 1.54) is 5.56 Å². The molecule has 3 N–H and O–H groups in total. The Hall–Kier alpha value is -3.69. The Kier molecular flexibility index (Phi) is 6.04. The van der Waals surface area contributed by atoms with Crippen LogP contribution in [0, 0.1) is 26.7 Å². The van der Waals surface area contributed by atoms with Gasteiger partial charge in [0, 0.05) is 31.1 Å². The predicted molar refractivity (Wildman–Crippen MR) is 132 cm³/mol. The molecule has 5 rings (SSSR count). The molecule has 35 heavy (non-hydrogen) atoms. The normalized spacial score (nSPS) is 20.5. The van der Waals surface area contributed by atoms with Crippen molar-refractivity contribution >= 4 is 28.7 Å². The Labute approximate surface area is 203 Å². The molecule has 184 valence electrons. The van der Waals surface area contributed by atoms with Crippen LogP contribution < -0.4 is 15.5 Å². The summed E-state index contributed by atoms with van der Waals surface area (Å²) in [5.41, 5.74) is 4.92. The van der Waals surface area contributed by atoms with Crippen molar-refractivity contribution in [3.63, 3.8) is 0 Å². The number of nitrogens with one attached hydrogen (secondary N) is 2. The molecule has 0 radical (unpaired) electrons. The molecule has 2 fully saturated rings. The van der Waals surface area contributed by atoms with Crippen LogP contribution in [0.1, 0.15) is 42.6 Å². The highest BCUT2D eigenvalue weighted by atomic mass is 16.4. The molecule has 0 atom stereocenters. The second kappa shape index (κ2) is 9.16. The zero-order valence-corrected chi connectivity index (χ0v) is 20.3. The van der Waals surface area contributed by atoms with Crippen molar-refractivity contribution in [2.75, 3.05) is 18.0 Å². The van der Waals surface area contributed by atoms with E-state index in [1.54, 1.807) is 0 Å². The molecule has 0 spiro atoms. The van der Waals surface area contributed by atoms with Crippen molar-refractivity contribution in [3.05, 3.63) is 41.2 Å². The van der Waals surface area contributed by atoms with Crippen LogP contribution in [0.15, 0.2) is 24.3 Å². The lowest BCUT2D eigenvalue weighted by atomic mass is 9.86. The Morgan fingerprint density at radius 1 is 0.971 bits per heavy atom. The first-order valence-electron chi connectivity index (χ1n) is 12.1. The first kappa shape index (κ1) is 23.1. The van der Waals surface area contributed by atoms with Gasteiger partial charge in [0.05, 0.1) is 22.5 Å². The van der Waals surface area contributed by atoms with Gasteiger partial charge in [-0.3, -0.25) is 4.79 Å². The van der Waals surface area contributed by atoms with Crippen LogP contribution in [0.4, 0.5) is 10.6 Å². The summed E-state index contributed by atoms with van der Waals surface area (Å²) in [7, 11) is 0. The van der Waals surface area contributed by atoms with Gasteiger partial charge in [-0.25, -0.2) is 9.48 Å². The first-order chi connectivity index (χ1) is 16.8. The van der Waals surface area contributed by atoms with Crippen molar-refractivity contribution in [1.29, 1.82) is 0 Å². The number of piperidine rings is 1. The van der Waals surface area contributed by atoms with Crippen LogP contribution in [0.5, 0.6) is 0 Å². The summed E-state index contributed by atoms with van der Waals surface area (Å²) in [6, 6.07) is 8.27. The lowest BCUT2D eigenvalue weighted by Crippen LogP contribution is -2.55. The molecule has 1 saturated heterocycles. The van der Waals surface area contributed by atoms with E-state index < -0.39 is 6.09 Å². The van der Waals surface area contributed by atoms with Gasteiger partial charge in [-0.1, -0.05) is 17.7 Å². The molecule has 0 unspecified atom stereocenters. The number of aromatic nitrogens is 4. The lowest BCUT2D eigenvalue weighted by molar-refractivity contribution is -0.127. The molecule has 10 heteroatoms. The number of hydrogen-bond acceptors (Lipinski definition) is 6. The molecule has 2 aromatic heterocycles. The molecule has 2 aliphatic rings. The minimum absolute atomic E-state index is 0.0497. The highest BCUT2D eigenvalue weighted by Crippen LogP contribution is 2.32. The summed E-state index contributed by atoms with van der Waals surface area (Å²) in [5.74, 6) is 0.765. The summed E-state index contributed by atoms with van der Waals surface area (Å²) in [4.78, 5) is 25.6. The quantitative estimate of drug-likeness (QED) is 0.516. The number of carboxylic acid groups (broad SMARTS) is 1. The number of carbonyl (C=O) groups excluding carboxylic acids is 1. The Bertz CT molecular complexity index is 1260. The van der Waals surface area contributed by atoms with Gasteiger partial charge in [0.2, 0.25) is 5.91 Å². The minimum atomic E-state index is -1.01. The van der Waals surface area contributed by atoms with Crippen LogP contribution in [0.3, 0.4) is 0 Å². The molecule has 1 aliphatic heterocycles. The SMILES string of the molecule is Cc1ccc(-n2nc3c(N4CCC(C(=O)N[C@H]5C[C@H](NC(=O)O)C5)CC4)nnc(C)c3c2C)cc1. The molecular weight excluding hydrogens is 446 g/mol. The van der Waals surface area contributed by atoms with Gasteiger partial charge in [0.1, 0.15) is 5.52 Å². The predicted octanol–water partition coefficient (Wildman–Crippen LogP) is 2.87. The zero-order valence-electron chi connectivity index (χ0n) is 20.3. The minimum Gasteiger partial charge on any atom is -0.465 e. The van der Waals surface area contributed by atoms with Crippen LogP contribution in [-0.2, 0) is 4.79 Å². The molecule has 1 saturated carbocycles. The molecule has 0 bridgehead atoms. The molecule has 1 aliphatic carbocycles. The smallest absolute Gasteiger partial charge is 0.404 e.